The fourth-order valence-electron chi connectivity index (χ4n) is 2.98. The van der Waals surface area contributed by atoms with E-state index in [0.29, 0.717) is 6.04 Å². The zero-order chi connectivity index (χ0) is 11.7. The number of anilines is 1. The van der Waals surface area contributed by atoms with Gasteiger partial charge < -0.3 is 5.32 Å². The van der Waals surface area contributed by atoms with E-state index in [9.17, 15) is 0 Å². The Balaban J connectivity index is 1.56. The minimum atomic E-state index is 0.645. The summed E-state index contributed by atoms with van der Waals surface area (Å²) in [6.45, 7) is 2.13. The third-order valence-electron chi connectivity index (χ3n) is 4.10. The fourth-order valence-corrected chi connectivity index (χ4v) is 3.74. The number of rotatable bonds is 4. The van der Waals surface area contributed by atoms with Gasteiger partial charge in [0.15, 0.2) is 0 Å². The van der Waals surface area contributed by atoms with E-state index in [-0.39, 0.29) is 0 Å². The van der Waals surface area contributed by atoms with E-state index in [2.05, 4.69) is 22.4 Å². The summed E-state index contributed by atoms with van der Waals surface area (Å²) in [5.74, 6) is 2.04. The van der Waals surface area contributed by atoms with Crippen molar-refractivity contribution in [2.45, 2.75) is 57.9 Å². The monoisotopic (exact) mass is 251 g/mol. The largest absolute Gasteiger partial charge is 0.357 e. The summed E-state index contributed by atoms with van der Waals surface area (Å²) in [5.41, 5.74) is 0. The Kier molecular flexibility index (Phi) is 3.32. The van der Waals surface area contributed by atoms with Gasteiger partial charge in [-0.15, -0.1) is 10.2 Å². The van der Waals surface area contributed by atoms with Crippen LogP contribution in [0.4, 0.5) is 5.13 Å². The number of nitrogens with one attached hydrogen (secondary N) is 1. The maximum atomic E-state index is 4.22. The SMILES string of the molecule is CCc1nnc(NC2CCCC(C3CC3)C2)s1. The Hall–Kier alpha value is -0.640. The van der Waals surface area contributed by atoms with E-state index in [1.54, 1.807) is 11.3 Å². The number of nitrogens with zero attached hydrogens (tertiary/aromatic N) is 2. The van der Waals surface area contributed by atoms with E-state index in [0.717, 1.165) is 28.4 Å². The Morgan fingerprint density at radius 1 is 1.18 bits per heavy atom. The van der Waals surface area contributed by atoms with Crippen molar-refractivity contribution < 1.29 is 0 Å². The molecule has 4 heteroatoms. The van der Waals surface area contributed by atoms with Crippen LogP contribution in [0.2, 0.25) is 0 Å². The molecule has 1 N–H and O–H groups in total. The van der Waals surface area contributed by atoms with Crippen molar-refractivity contribution in [2.24, 2.45) is 11.8 Å². The number of hydrogen-bond acceptors (Lipinski definition) is 4. The summed E-state index contributed by atoms with van der Waals surface area (Å²) >= 11 is 1.72. The summed E-state index contributed by atoms with van der Waals surface area (Å²) in [6.07, 6.45) is 9.47. The molecule has 0 bridgehead atoms. The van der Waals surface area contributed by atoms with Crippen molar-refractivity contribution >= 4 is 16.5 Å². The third kappa shape index (κ3) is 2.79. The van der Waals surface area contributed by atoms with Gasteiger partial charge in [0.1, 0.15) is 5.01 Å². The fraction of sp³-hybridized carbons (Fsp3) is 0.846. The molecule has 2 aliphatic rings. The second-order valence-corrected chi connectivity index (χ2v) is 6.52. The molecule has 2 aliphatic carbocycles. The molecule has 0 aliphatic heterocycles. The molecule has 0 radical (unpaired) electrons. The van der Waals surface area contributed by atoms with Crippen LogP contribution in [0.1, 0.15) is 50.5 Å². The van der Waals surface area contributed by atoms with Gasteiger partial charge >= 0.3 is 0 Å². The second-order valence-electron chi connectivity index (χ2n) is 5.46. The summed E-state index contributed by atoms with van der Waals surface area (Å²) in [4.78, 5) is 0. The van der Waals surface area contributed by atoms with Crippen LogP contribution in [0.25, 0.3) is 0 Å². The normalized spacial score (nSPS) is 29.2. The van der Waals surface area contributed by atoms with Crippen LogP contribution < -0.4 is 5.32 Å². The zero-order valence-electron chi connectivity index (χ0n) is 10.5. The predicted octanol–water partition coefficient (Wildman–Crippen LogP) is 3.48. The molecule has 1 aromatic rings. The number of aromatic nitrogens is 2. The Morgan fingerprint density at radius 2 is 2.06 bits per heavy atom. The van der Waals surface area contributed by atoms with Crippen molar-refractivity contribution in [3.8, 4) is 0 Å². The summed E-state index contributed by atoms with van der Waals surface area (Å²) in [5, 5.41) is 14.2. The van der Waals surface area contributed by atoms with E-state index in [1.807, 2.05) is 0 Å². The van der Waals surface area contributed by atoms with Crippen LogP contribution in [0, 0.1) is 11.8 Å². The molecule has 2 atom stereocenters. The minimum Gasteiger partial charge on any atom is -0.357 e. The highest BCUT2D eigenvalue weighted by Gasteiger charge is 2.34. The molecule has 0 saturated heterocycles. The lowest BCUT2D eigenvalue weighted by Gasteiger charge is -2.29. The van der Waals surface area contributed by atoms with E-state index >= 15 is 0 Å². The first-order chi connectivity index (χ1) is 8.35. The minimum absolute atomic E-state index is 0.645. The van der Waals surface area contributed by atoms with Gasteiger partial charge in [-0.25, -0.2) is 0 Å². The average Bonchev–Trinajstić information content (AvgIpc) is 3.11. The molecular weight excluding hydrogens is 230 g/mol. The molecule has 0 spiro atoms. The molecular formula is C13H21N3S. The molecule has 17 heavy (non-hydrogen) atoms. The Bertz CT molecular complexity index is 372. The van der Waals surface area contributed by atoms with Gasteiger partial charge in [-0.1, -0.05) is 31.1 Å². The van der Waals surface area contributed by atoms with Gasteiger partial charge in [-0.2, -0.15) is 0 Å². The van der Waals surface area contributed by atoms with E-state index in [4.69, 9.17) is 0 Å². The quantitative estimate of drug-likeness (QED) is 0.890. The topological polar surface area (TPSA) is 37.8 Å². The van der Waals surface area contributed by atoms with Gasteiger partial charge in [0.2, 0.25) is 5.13 Å². The van der Waals surface area contributed by atoms with Gasteiger partial charge in [0, 0.05) is 6.04 Å². The predicted molar refractivity (Wildman–Crippen MR) is 71.4 cm³/mol. The van der Waals surface area contributed by atoms with Crippen LogP contribution in [0.15, 0.2) is 0 Å². The highest BCUT2D eigenvalue weighted by atomic mass is 32.1. The first-order valence-electron chi connectivity index (χ1n) is 6.94. The van der Waals surface area contributed by atoms with Crippen LogP contribution in [0.5, 0.6) is 0 Å². The maximum Gasteiger partial charge on any atom is 0.205 e. The summed E-state index contributed by atoms with van der Waals surface area (Å²) in [6, 6.07) is 0.645. The highest BCUT2D eigenvalue weighted by Crippen LogP contribution is 2.44. The molecule has 2 fully saturated rings. The molecule has 1 aromatic heterocycles. The van der Waals surface area contributed by atoms with Crippen molar-refractivity contribution in [3.05, 3.63) is 5.01 Å². The summed E-state index contributed by atoms with van der Waals surface area (Å²) < 4.78 is 0. The molecule has 3 nitrogen and oxygen atoms in total. The van der Waals surface area contributed by atoms with Crippen molar-refractivity contribution in [3.63, 3.8) is 0 Å². The first-order valence-corrected chi connectivity index (χ1v) is 7.75. The van der Waals surface area contributed by atoms with Crippen molar-refractivity contribution in [1.29, 1.82) is 0 Å². The Morgan fingerprint density at radius 3 is 2.76 bits per heavy atom. The standard InChI is InChI=1S/C13H21N3S/c1-2-12-15-16-13(17-12)14-11-5-3-4-10(8-11)9-6-7-9/h9-11H,2-8H2,1H3,(H,14,16). The molecule has 0 amide bonds. The van der Waals surface area contributed by atoms with Gasteiger partial charge in [0.25, 0.3) is 0 Å². The molecule has 2 saturated carbocycles. The Labute approximate surface area is 107 Å². The average molecular weight is 251 g/mol. The van der Waals surface area contributed by atoms with E-state index < -0.39 is 0 Å². The zero-order valence-corrected chi connectivity index (χ0v) is 11.3. The summed E-state index contributed by atoms with van der Waals surface area (Å²) in [7, 11) is 0. The lowest BCUT2D eigenvalue weighted by Crippen LogP contribution is -2.28. The first kappa shape index (κ1) is 11.5. The smallest absolute Gasteiger partial charge is 0.205 e. The lowest BCUT2D eigenvalue weighted by molar-refractivity contribution is 0.303. The molecule has 0 aromatic carbocycles. The van der Waals surface area contributed by atoms with Gasteiger partial charge in [-0.05, 0) is 43.9 Å². The van der Waals surface area contributed by atoms with Crippen molar-refractivity contribution in [2.75, 3.05) is 5.32 Å². The second kappa shape index (κ2) is 4.92. The van der Waals surface area contributed by atoms with Crippen LogP contribution in [-0.4, -0.2) is 16.2 Å². The maximum absolute atomic E-state index is 4.22. The van der Waals surface area contributed by atoms with Crippen LogP contribution in [0.3, 0.4) is 0 Å². The number of aryl methyl sites for hydroxylation is 1. The lowest BCUT2D eigenvalue weighted by atomic mass is 9.83. The van der Waals surface area contributed by atoms with Crippen molar-refractivity contribution in [1.82, 2.24) is 10.2 Å². The van der Waals surface area contributed by atoms with Gasteiger partial charge in [-0.3, -0.25) is 0 Å². The molecule has 94 valence electrons. The molecule has 2 unspecified atom stereocenters. The van der Waals surface area contributed by atoms with Crippen LogP contribution in [-0.2, 0) is 6.42 Å². The highest BCUT2D eigenvalue weighted by molar-refractivity contribution is 7.15. The third-order valence-corrected chi connectivity index (χ3v) is 5.10. The molecule has 1 heterocycles. The van der Waals surface area contributed by atoms with Gasteiger partial charge in [0.05, 0.1) is 0 Å². The van der Waals surface area contributed by atoms with Crippen LogP contribution >= 0.6 is 11.3 Å². The number of hydrogen-bond donors (Lipinski definition) is 1. The van der Waals surface area contributed by atoms with E-state index in [1.165, 1.54) is 38.5 Å². The molecule has 3 rings (SSSR count).